The second-order valence-electron chi connectivity index (χ2n) is 3.17. The summed E-state index contributed by atoms with van der Waals surface area (Å²) in [5.41, 5.74) is 0. The van der Waals surface area contributed by atoms with Gasteiger partial charge in [-0.05, 0) is 25.9 Å². The Labute approximate surface area is 79.9 Å². The number of thioether (sulfide) groups is 1. The zero-order chi connectivity index (χ0) is 8.49. The van der Waals surface area contributed by atoms with Crippen molar-refractivity contribution < 1.29 is 0 Å². The molecule has 2 saturated heterocycles. The van der Waals surface area contributed by atoms with Crippen molar-refractivity contribution >= 4 is 11.8 Å². The minimum Gasteiger partial charge on any atom is -0.317 e. The lowest BCUT2D eigenvalue weighted by atomic mass is 10.2. The van der Waals surface area contributed by atoms with Crippen LogP contribution in [0.4, 0.5) is 0 Å². The number of rotatable bonds is 0. The van der Waals surface area contributed by atoms with Crippen molar-refractivity contribution in [2.45, 2.75) is 19.3 Å². The summed E-state index contributed by atoms with van der Waals surface area (Å²) >= 11 is 2.03. The summed E-state index contributed by atoms with van der Waals surface area (Å²) in [6, 6.07) is 0. The fraction of sp³-hybridized carbons (Fsp3) is 1.00. The van der Waals surface area contributed by atoms with E-state index in [0.717, 1.165) is 0 Å². The van der Waals surface area contributed by atoms with E-state index >= 15 is 0 Å². The molecule has 2 rings (SSSR count). The van der Waals surface area contributed by atoms with E-state index in [1.54, 1.807) is 0 Å². The zero-order valence-electron chi connectivity index (χ0n) is 7.77. The molecular weight excluding hydrogens is 168 g/mol. The first-order chi connectivity index (χ1) is 6.00. The highest BCUT2D eigenvalue weighted by Gasteiger charge is 1.94. The molecule has 0 bridgehead atoms. The lowest BCUT2D eigenvalue weighted by Crippen LogP contribution is -2.24. The third kappa shape index (κ3) is 5.86. The van der Waals surface area contributed by atoms with Crippen LogP contribution in [-0.2, 0) is 0 Å². The van der Waals surface area contributed by atoms with E-state index in [-0.39, 0.29) is 0 Å². The van der Waals surface area contributed by atoms with Gasteiger partial charge in [-0.15, -0.1) is 0 Å². The summed E-state index contributed by atoms with van der Waals surface area (Å²) in [7, 11) is 0. The highest BCUT2D eigenvalue weighted by molar-refractivity contribution is 7.99. The van der Waals surface area contributed by atoms with Gasteiger partial charge in [0.15, 0.2) is 0 Å². The summed E-state index contributed by atoms with van der Waals surface area (Å²) in [4.78, 5) is 0. The quantitative estimate of drug-likeness (QED) is 0.595. The highest BCUT2D eigenvalue weighted by atomic mass is 32.2. The summed E-state index contributed by atoms with van der Waals surface area (Å²) in [6.45, 7) is 4.93. The average molecular weight is 188 g/mol. The van der Waals surface area contributed by atoms with Gasteiger partial charge in [0.2, 0.25) is 0 Å². The molecule has 2 aliphatic rings. The first-order valence-electron chi connectivity index (χ1n) is 4.99. The smallest absolute Gasteiger partial charge is 0.00585 e. The van der Waals surface area contributed by atoms with E-state index in [1.165, 1.54) is 56.9 Å². The molecule has 3 heteroatoms. The van der Waals surface area contributed by atoms with Gasteiger partial charge in [-0.1, -0.05) is 6.42 Å². The van der Waals surface area contributed by atoms with Gasteiger partial charge in [-0.3, -0.25) is 0 Å². The van der Waals surface area contributed by atoms with Crippen LogP contribution in [0.15, 0.2) is 0 Å². The fourth-order valence-corrected chi connectivity index (χ4v) is 2.10. The van der Waals surface area contributed by atoms with Crippen molar-refractivity contribution in [3.8, 4) is 0 Å². The standard InChI is InChI=1S/C5H11N.C4H9NS/c1-2-4-6-5-3-1;1-3-6-4-2-5-1/h6H,1-5H2;5H,1-4H2. The monoisotopic (exact) mass is 188 g/mol. The molecule has 72 valence electrons. The fourth-order valence-electron chi connectivity index (χ4n) is 1.32. The van der Waals surface area contributed by atoms with Gasteiger partial charge in [-0.2, -0.15) is 11.8 Å². The Bertz CT molecular complexity index is 55.5. The Hall–Kier alpha value is 0.270. The molecule has 0 atom stereocenters. The van der Waals surface area contributed by atoms with Gasteiger partial charge in [0, 0.05) is 24.6 Å². The van der Waals surface area contributed by atoms with Gasteiger partial charge in [0.1, 0.15) is 0 Å². The van der Waals surface area contributed by atoms with Crippen molar-refractivity contribution in [3.05, 3.63) is 0 Å². The Kier molecular flexibility index (Phi) is 6.81. The predicted molar refractivity (Wildman–Crippen MR) is 56.9 cm³/mol. The van der Waals surface area contributed by atoms with Crippen molar-refractivity contribution in [1.82, 2.24) is 10.6 Å². The first-order valence-corrected chi connectivity index (χ1v) is 6.15. The third-order valence-corrected chi connectivity index (χ3v) is 3.04. The van der Waals surface area contributed by atoms with Gasteiger partial charge in [0.05, 0.1) is 0 Å². The van der Waals surface area contributed by atoms with E-state index in [2.05, 4.69) is 10.6 Å². The van der Waals surface area contributed by atoms with Crippen LogP contribution in [0.3, 0.4) is 0 Å². The van der Waals surface area contributed by atoms with Crippen LogP contribution < -0.4 is 10.6 Å². The minimum atomic E-state index is 1.21. The Morgan fingerprint density at radius 2 is 1.25 bits per heavy atom. The summed E-state index contributed by atoms with van der Waals surface area (Å²) in [5, 5.41) is 6.55. The molecule has 2 fully saturated rings. The molecule has 2 heterocycles. The summed E-state index contributed by atoms with van der Waals surface area (Å²) in [6.07, 6.45) is 4.22. The molecular formula is C9H20N2S. The van der Waals surface area contributed by atoms with E-state index in [9.17, 15) is 0 Å². The number of nitrogens with one attached hydrogen (secondary N) is 2. The van der Waals surface area contributed by atoms with Gasteiger partial charge < -0.3 is 10.6 Å². The molecule has 0 aromatic carbocycles. The molecule has 0 radical (unpaired) electrons. The van der Waals surface area contributed by atoms with Gasteiger partial charge in [0.25, 0.3) is 0 Å². The van der Waals surface area contributed by atoms with Crippen LogP contribution in [0, 0.1) is 0 Å². The molecule has 2 N–H and O–H groups in total. The lowest BCUT2D eigenvalue weighted by Gasteiger charge is -2.08. The summed E-state index contributed by atoms with van der Waals surface area (Å²) in [5.74, 6) is 2.61. The normalized spacial score (nSPS) is 24.0. The third-order valence-electron chi connectivity index (χ3n) is 2.05. The van der Waals surface area contributed by atoms with Gasteiger partial charge >= 0.3 is 0 Å². The maximum Gasteiger partial charge on any atom is 0.00585 e. The Balaban J connectivity index is 0.000000120. The van der Waals surface area contributed by atoms with Crippen LogP contribution >= 0.6 is 11.8 Å². The lowest BCUT2D eigenvalue weighted by molar-refractivity contribution is 0.520. The number of hydrogen-bond acceptors (Lipinski definition) is 3. The van der Waals surface area contributed by atoms with Gasteiger partial charge in [-0.25, -0.2) is 0 Å². The topological polar surface area (TPSA) is 24.1 Å². The average Bonchev–Trinajstić information content (AvgIpc) is 2.24. The van der Waals surface area contributed by atoms with E-state index in [1.807, 2.05) is 11.8 Å². The molecule has 12 heavy (non-hydrogen) atoms. The SMILES string of the molecule is C1CCNCC1.C1CSCCN1. The largest absolute Gasteiger partial charge is 0.317 e. The molecule has 0 unspecified atom stereocenters. The maximum absolute atomic E-state index is 3.28. The van der Waals surface area contributed by atoms with Crippen molar-refractivity contribution in [2.75, 3.05) is 37.7 Å². The van der Waals surface area contributed by atoms with E-state index in [0.29, 0.717) is 0 Å². The summed E-state index contributed by atoms with van der Waals surface area (Å²) < 4.78 is 0. The molecule has 2 aliphatic heterocycles. The molecule has 0 saturated carbocycles. The predicted octanol–water partition coefficient (Wildman–Crippen LogP) is 1.08. The molecule has 2 nitrogen and oxygen atoms in total. The van der Waals surface area contributed by atoms with Crippen LogP contribution in [0.1, 0.15) is 19.3 Å². The molecule has 0 aliphatic carbocycles. The molecule has 0 spiro atoms. The number of hydrogen-bond donors (Lipinski definition) is 2. The number of piperidine rings is 1. The highest BCUT2D eigenvalue weighted by Crippen LogP contribution is 1.99. The molecule has 0 amide bonds. The van der Waals surface area contributed by atoms with Crippen LogP contribution in [0.5, 0.6) is 0 Å². The maximum atomic E-state index is 3.28. The van der Waals surface area contributed by atoms with Crippen molar-refractivity contribution in [1.29, 1.82) is 0 Å². The first kappa shape index (κ1) is 10.4. The van der Waals surface area contributed by atoms with Crippen LogP contribution in [-0.4, -0.2) is 37.7 Å². The van der Waals surface area contributed by atoms with E-state index < -0.39 is 0 Å². The van der Waals surface area contributed by atoms with Crippen molar-refractivity contribution in [3.63, 3.8) is 0 Å². The molecule has 0 aromatic rings. The second-order valence-corrected chi connectivity index (χ2v) is 4.40. The second kappa shape index (κ2) is 7.90. The zero-order valence-corrected chi connectivity index (χ0v) is 8.59. The van der Waals surface area contributed by atoms with Crippen molar-refractivity contribution in [2.24, 2.45) is 0 Å². The van der Waals surface area contributed by atoms with Crippen LogP contribution in [0.25, 0.3) is 0 Å². The Morgan fingerprint density at radius 1 is 0.667 bits per heavy atom. The molecule has 0 aromatic heterocycles. The minimum absolute atomic E-state index is 1.21. The van der Waals surface area contributed by atoms with E-state index in [4.69, 9.17) is 0 Å². The van der Waals surface area contributed by atoms with Crippen LogP contribution in [0.2, 0.25) is 0 Å². The Morgan fingerprint density at radius 3 is 1.42 bits per heavy atom.